The van der Waals surface area contributed by atoms with Crippen molar-refractivity contribution in [3.8, 4) is 0 Å². The quantitative estimate of drug-likeness (QED) is 0.509. The lowest BCUT2D eigenvalue weighted by molar-refractivity contribution is -0.384. The maximum atomic E-state index is 12.1. The van der Waals surface area contributed by atoms with Gasteiger partial charge in [0.1, 0.15) is 5.02 Å². The average Bonchev–Trinajstić information content (AvgIpc) is 2.30. The van der Waals surface area contributed by atoms with Crippen LogP contribution in [0, 0.1) is 17.0 Å². The van der Waals surface area contributed by atoms with E-state index in [1.807, 2.05) is 0 Å². The van der Waals surface area contributed by atoms with Gasteiger partial charge in [0.25, 0.3) is 11.6 Å². The molecule has 1 aromatic carbocycles. The number of rotatable bonds is 3. The van der Waals surface area contributed by atoms with E-state index in [9.17, 15) is 14.9 Å². The zero-order chi connectivity index (χ0) is 14.9. The SMILES string of the molecule is CC(C(=O)Nc1cc(Cl)c([N+](=O)[O-])cc1C)=C1CNC1. The van der Waals surface area contributed by atoms with Gasteiger partial charge in [0.2, 0.25) is 0 Å². The van der Waals surface area contributed by atoms with Crippen LogP contribution in [0.2, 0.25) is 5.02 Å². The Bertz CT molecular complexity index is 620. The third kappa shape index (κ3) is 2.81. The molecule has 2 rings (SSSR count). The highest BCUT2D eigenvalue weighted by Crippen LogP contribution is 2.30. The number of amides is 1. The molecule has 0 radical (unpaired) electrons. The number of aryl methyl sites for hydroxylation is 1. The Labute approximate surface area is 121 Å². The van der Waals surface area contributed by atoms with Crippen LogP contribution in [-0.2, 0) is 4.79 Å². The van der Waals surface area contributed by atoms with Crippen molar-refractivity contribution in [2.45, 2.75) is 13.8 Å². The van der Waals surface area contributed by atoms with Gasteiger partial charge in [-0.15, -0.1) is 0 Å². The Morgan fingerprint density at radius 3 is 2.60 bits per heavy atom. The van der Waals surface area contributed by atoms with Gasteiger partial charge in [0.15, 0.2) is 0 Å². The van der Waals surface area contributed by atoms with Gasteiger partial charge < -0.3 is 10.6 Å². The van der Waals surface area contributed by atoms with Crippen LogP contribution in [0.15, 0.2) is 23.3 Å². The number of hydrogen-bond acceptors (Lipinski definition) is 4. The lowest BCUT2D eigenvalue weighted by atomic mass is 10.0. The first-order valence-corrected chi connectivity index (χ1v) is 6.43. The van der Waals surface area contributed by atoms with Crippen LogP contribution in [0.5, 0.6) is 0 Å². The van der Waals surface area contributed by atoms with Crippen molar-refractivity contribution in [3.63, 3.8) is 0 Å². The van der Waals surface area contributed by atoms with E-state index in [1.54, 1.807) is 13.8 Å². The third-order valence-corrected chi connectivity index (χ3v) is 3.59. The van der Waals surface area contributed by atoms with Crippen molar-refractivity contribution < 1.29 is 9.72 Å². The summed E-state index contributed by atoms with van der Waals surface area (Å²) in [6, 6.07) is 2.76. The summed E-state index contributed by atoms with van der Waals surface area (Å²) in [5.41, 5.74) is 2.64. The maximum absolute atomic E-state index is 12.1. The molecule has 1 aromatic rings. The summed E-state index contributed by atoms with van der Waals surface area (Å²) in [7, 11) is 0. The molecule has 0 saturated carbocycles. The molecule has 1 aliphatic rings. The largest absolute Gasteiger partial charge is 0.322 e. The number of nitro groups is 1. The van der Waals surface area contributed by atoms with E-state index in [0.29, 0.717) is 16.8 Å². The Hall–Kier alpha value is -1.92. The summed E-state index contributed by atoms with van der Waals surface area (Å²) < 4.78 is 0. The van der Waals surface area contributed by atoms with Gasteiger partial charge >= 0.3 is 0 Å². The number of nitrogens with one attached hydrogen (secondary N) is 2. The molecule has 0 spiro atoms. The molecule has 0 unspecified atom stereocenters. The summed E-state index contributed by atoms with van der Waals surface area (Å²) in [6.07, 6.45) is 0. The first-order chi connectivity index (χ1) is 9.40. The van der Waals surface area contributed by atoms with Gasteiger partial charge in [0, 0.05) is 30.4 Å². The zero-order valence-electron chi connectivity index (χ0n) is 11.1. The minimum absolute atomic E-state index is 0.00603. The van der Waals surface area contributed by atoms with Crippen molar-refractivity contribution in [3.05, 3.63) is 44.0 Å². The second-order valence-corrected chi connectivity index (χ2v) is 5.07. The highest BCUT2D eigenvalue weighted by molar-refractivity contribution is 6.33. The number of halogens is 1. The van der Waals surface area contributed by atoms with E-state index in [-0.39, 0.29) is 16.6 Å². The van der Waals surface area contributed by atoms with Crippen molar-refractivity contribution in [1.29, 1.82) is 0 Å². The normalized spacial score (nSPS) is 13.7. The van der Waals surface area contributed by atoms with Crippen LogP contribution in [0.3, 0.4) is 0 Å². The molecule has 7 heteroatoms. The first kappa shape index (κ1) is 14.5. The van der Waals surface area contributed by atoms with Gasteiger partial charge in [-0.3, -0.25) is 14.9 Å². The van der Waals surface area contributed by atoms with Gasteiger partial charge in [-0.1, -0.05) is 11.6 Å². The molecule has 106 valence electrons. The fraction of sp³-hybridized carbons (Fsp3) is 0.308. The Balaban J connectivity index is 2.24. The molecule has 1 saturated heterocycles. The highest BCUT2D eigenvalue weighted by Gasteiger charge is 2.19. The van der Waals surface area contributed by atoms with Crippen LogP contribution < -0.4 is 10.6 Å². The van der Waals surface area contributed by atoms with Crippen LogP contribution in [-0.4, -0.2) is 23.9 Å². The Morgan fingerprint density at radius 2 is 2.10 bits per heavy atom. The van der Waals surface area contributed by atoms with E-state index in [4.69, 9.17) is 11.6 Å². The number of anilines is 1. The molecule has 2 N–H and O–H groups in total. The lowest BCUT2D eigenvalue weighted by Crippen LogP contribution is -2.36. The minimum atomic E-state index is -0.547. The zero-order valence-corrected chi connectivity index (χ0v) is 11.9. The second-order valence-electron chi connectivity index (χ2n) is 4.66. The lowest BCUT2D eigenvalue weighted by Gasteiger charge is -2.21. The summed E-state index contributed by atoms with van der Waals surface area (Å²) in [4.78, 5) is 22.3. The van der Waals surface area contributed by atoms with E-state index >= 15 is 0 Å². The standard InChI is InChI=1S/C13H14ClN3O3/c1-7-3-12(17(19)20)10(14)4-11(7)16-13(18)8(2)9-5-15-6-9/h3-4,15H,5-6H2,1-2H3,(H,16,18). The van der Waals surface area contributed by atoms with Crippen LogP contribution in [0.25, 0.3) is 0 Å². The molecule has 0 aliphatic carbocycles. The maximum Gasteiger partial charge on any atom is 0.288 e. The third-order valence-electron chi connectivity index (χ3n) is 3.29. The van der Waals surface area contributed by atoms with Crippen molar-refractivity contribution in [1.82, 2.24) is 5.32 Å². The number of carbonyl (C=O) groups is 1. The number of nitro benzene ring substituents is 1. The molecule has 1 amide bonds. The molecule has 6 nitrogen and oxygen atoms in total. The predicted molar refractivity (Wildman–Crippen MR) is 77.0 cm³/mol. The van der Waals surface area contributed by atoms with Gasteiger partial charge in [0.05, 0.1) is 4.92 Å². The average molecular weight is 296 g/mol. The number of nitrogens with zero attached hydrogens (tertiary/aromatic N) is 1. The van der Waals surface area contributed by atoms with Crippen molar-refractivity contribution >= 4 is 28.9 Å². The van der Waals surface area contributed by atoms with E-state index in [2.05, 4.69) is 10.6 Å². The van der Waals surface area contributed by atoms with Gasteiger partial charge in [-0.05, 0) is 31.1 Å². The minimum Gasteiger partial charge on any atom is -0.322 e. The molecule has 1 fully saturated rings. The number of hydrogen-bond donors (Lipinski definition) is 2. The molecule has 0 bridgehead atoms. The van der Waals surface area contributed by atoms with E-state index < -0.39 is 4.92 Å². The molecule has 0 atom stereocenters. The highest BCUT2D eigenvalue weighted by atomic mass is 35.5. The van der Waals surface area contributed by atoms with Gasteiger partial charge in [-0.2, -0.15) is 0 Å². The van der Waals surface area contributed by atoms with Crippen LogP contribution >= 0.6 is 11.6 Å². The van der Waals surface area contributed by atoms with E-state index in [0.717, 1.165) is 18.7 Å². The topological polar surface area (TPSA) is 84.3 Å². The Morgan fingerprint density at radius 1 is 1.45 bits per heavy atom. The second kappa shape index (κ2) is 5.60. The van der Waals surface area contributed by atoms with Crippen LogP contribution in [0.4, 0.5) is 11.4 Å². The molecule has 1 heterocycles. The molecule has 0 aromatic heterocycles. The fourth-order valence-electron chi connectivity index (χ4n) is 1.83. The van der Waals surface area contributed by atoms with Crippen molar-refractivity contribution in [2.75, 3.05) is 18.4 Å². The monoisotopic (exact) mass is 295 g/mol. The predicted octanol–water partition coefficient (Wildman–Crippen LogP) is 2.41. The molecule has 20 heavy (non-hydrogen) atoms. The molecule has 1 aliphatic heterocycles. The summed E-state index contributed by atoms with van der Waals surface area (Å²) in [6.45, 7) is 4.89. The first-order valence-electron chi connectivity index (χ1n) is 6.05. The molecular formula is C13H14ClN3O3. The molecular weight excluding hydrogens is 282 g/mol. The summed E-state index contributed by atoms with van der Waals surface area (Å²) >= 11 is 5.85. The van der Waals surface area contributed by atoms with Crippen molar-refractivity contribution in [2.24, 2.45) is 0 Å². The smallest absolute Gasteiger partial charge is 0.288 e. The van der Waals surface area contributed by atoms with Crippen LogP contribution in [0.1, 0.15) is 12.5 Å². The number of carbonyl (C=O) groups excluding carboxylic acids is 1. The fourth-order valence-corrected chi connectivity index (χ4v) is 2.07. The summed E-state index contributed by atoms with van der Waals surface area (Å²) in [5.74, 6) is -0.213. The number of benzene rings is 1. The van der Waals surface area contributed by atoms with Gasteiger partial charge in [-0.25, -0.2) is 0 Å². The van der Waals surface area contributed by atoms with E-state index in [1.165, 1.54) is 12.1 Å². The summed E-state index contributed by atoms with van der Waals surface area (Å²) in [5, 5.41) is 16.6. The Kier molecular flexibility index (Phi) is 4.06.